The van der Waals surface area contributed by atoms with E-state index >= 15 is 0 Å². The Balaban J connectivity index is 1.08. The average molecular weight is 773 g/mol. The van der Waals surface area contributed by atoms with Crippen molar-refractivity contribution in [2.45, 2.75) is 82.2 Å². The summed E-state index contributed by atoms with van der Waals surface area (Å²) in [5.41, 5.74) is 5.23. The zero-order valence-electron chi connectivity index (χ0n) is 32.3. The molecule has 9 nitrogen and oxygen atoms in total. The van der Waals surface area contributed by atoms with Crippen LogP contribution < -0.4 is 0 Å². The molecule has 2 aliphatic rings. The molecular formula is C48H52O9. The molecule has 298 valence electrons. The minimum absolute atomic E-state index is 0.123. The fourth-order valence-electron chi connectivity index (χ4n) is 6.90. The predicted octanol–water partition coefficient (Wildman–Crippen LogP) is 8.21. The van der Waals surface area contributed by atoms with Crippen LogP contribution in [0.4, 0.5) is 0 Å². The quantitative estimate of drug-likeness (QED) is 0.0728. The lowest BCUT2D eigenvalue weighted by molar-refractivity contribution is -0.327. The monoisotopic (exact) mass is 772 g/mol. The van der Waals surface area contributed by atoms with E-state index in [9.17, 15) is 0 Å². The van der Waals surface area contributed by atoms with Gasteiger partial charge in [0.1, 0.15) is 36.6 Å². The Kier molecular flexibility index (Phi) is 15.6. The van der Waals surface area contributed by atoms with Gasteiger partial charge in [0.05, 0.1) is 46.2 Å². The number of hydrogen-bond acceptors (Lipinski definition) is 9. The summed E-state index contributed by atoms with van der Waals surface area (Å²) in [5, 5.41) is 0. The average Bonchev–Trinajstić information content (AvgIpc) is 3.27. The van der Waals surface area contributed by atoms with Crippen LogP contribution in [0.15, 0.2) is 164 Å². The van der Waals surface area contributed by atoms with Crippen molar-refractivity contribution >= 4 is 0 Å². The normalized spacial score (nSPS) is 24.6. The molecule has 0 aromatic heterocycles. The second-order valence-electron chi connectivity index (χ2n) is 14.1. The number of hydrogen-bond donors (Lipinski definition) is 0. The maximum Gasteiger partial charge on any atom is 0.186 e. The Bertz CT molecular complexity index is 1860. The Labute approximate surface area is 336 Å². The lowest BCUT2D eigenvalue weighted by Crippen LogP contribution is -2.61. The van der Waals surface area contributed by atoms with Crippen molar-refractivity contribution in [1.29, 1.82) is 0 Å². The first-order chi connectivity index (χ1) is 28.2. The van der Waals surface area contributed by atoms with Gasteiger partial charge in [-0.15, -0.1) is 0 Å². The molecule has 0 saturated carbocycles. The number of methoxy groups -OCH3 is 1. The minimum atomic E-state index is -0.766. The molecule has 57 heavy (non-hydrogen) atoms. The van der Waals surface area contributed by atoms with E-state index in [1.165, 1.54) is 0 Å². The first-order valence-corrected chi connectivity index (χ1v) is 19.6. The SMILES string of the molecule is CO[C@H]1O[C@H](CO[C@@H]2C=C[C@@H](OCc3ccccc3)[C@@H](COCc3ccccc3)O2)[C@@H](OCc2ccccc2)[C@H](OCc2ccccc2)[C@H]1OCc1ccccc1. The van der Waals surface area contributed by atoms with Crippen LogP contribution in [0.5, 0.6) is 0 Å². The third-order valence-electron chi connectivity index (χ3n) is 9.92. The van der Waals surface area contributed by atoms with Gasteiger partial charge in [-0.25, -0.2) is 0 Å². The van der Waals surface area contributed by atoms with Gasteiger partial charge in [0.15, 0.2) is 12.6 Å². The highest BCUT2D eigenvalue weighted by molar-refractivity contribution is 5.17. The van der Waals surface area contributed by atoms with E-state index in [1.54, 1.807) is 7.11 Å². The van der Waals surface area contributed by atoms with Gasteiger partial charge in [0.2, 0.25) is 0 Å². The van der Waals surface area contributed by atoms with Crippen molar-refractivity contribution < 1.29 is 42.6 Å². The number of benzene rings is 5. The Morgan fingerprint density at radius 2 is 0.842 bits per heavy atom. The largest absolute Gasteiger partial charge is 0.374 e. The van der Waals surface area contributed by atoms with Gasteiger partial charge in [-0.05, 0) is 33.9 Å². The van der Waals surface area contributed by atoms with E-state index < -0.39 is 43.1 Å². The molecule has 9 heteroatoms. The van der Waals surface area contributed by atoms with E-state index in [0.29, 0.717) is 39.6 Å². The van der Waals surface area contributed by atoms with Gasteiger partial charge in [0, 0.05) is 7.11 Å². The van der Waals surface area contributed by atoms with E-state index in [0.717, 1.165) is 27.8 Å². The zero-order chi connectivity index (χ0) is 38.9. The van der Waals surface area contributed by atoms with E-state index in [-0.39, 0.29) is 12.7 Å². The van der Waals surface area contributed by atoms with Gasteiger partial charge in [-0.1, -0.05) is 158 Å². The molecule has 0 N–H and O–H groups in total. The number of rotatable bonds is 20. The third kappa shape index (κ3) is 12.2. The second-order valence-corrected chi connectivity index (χ2v) is 14.1. The molecule has 2 heterocycles. The highest BCUT2D eigenvalue weighted by Gasteiger charge is 2.49. The van der Waals surface area contributed by atoms with Gasteiger partial charge in [-0.3, -0.25) is 0 Å². The van der Waals surface area contributed by atoms with Crippen LogP contribution >= 0.6 is 0 Å². The summed E-state index contributed by atoms with van der Waals surface area (Å²) in [7, 11) is 1.61. The standard InChI is InChI=1S/C48H52O9/c1-49-48-47(55-33-40-25-15-6-16-26-40)46(54-32-39-23-13-5-14-24-39)45(53-31-38-21-11-4-12-22-38)43(57-48)35-52-44-28-27-41(51-30-37-19-9-3-10-20-37)42(56-44)34-50-29-36-17-7-2-8-18-36/h2-28,41-48H,29-35H2,1H3/t41-,42-,43-,44+,45-,46+,47-,48+/m1/s1. The Hall–Kier alpha value is -4.52. The molecule has 8 atom stereocenters. The first kappa shape index (κ1) is 40.7. The summed E-state index contributed by atoms with van der Waals surface area (Å²) in [5.74, 6) is 0. The Morgan fingerprint density at radius 1 is 0.404 bits per heavy atom. The molecule has 1 saturated heterocycles. The fourth-order valence-corrected chi connectivity index (χ4v) is 6.90. The summed E-state index contributed by atoms with van der Waals surface area (Å²) in [6.07, 6.45) is -0.740. The van der Waals surface area contributed by atoms with Crippen LogP contribution in [-0.2, 0) is 75.7 Å². The van der Waals surface area contributed by atoms with Gasteiger partial charge in [0.25, 0.3) is 0 Å². The molecule has 7 rings (SSSR count). The maximum absolute atomic E-state index is 6.76. The topological polar surface area (TPSA) is 83.1 Å². The fraction of sp³-hybridized carbons (Fsp3) is 0.333. The van der Waals surface area contributed by atoms with Crippen LogP contribution in [0.1, 0.15) is 27.8 Å². The van der Waals surface area contributed by atoms with Crippen molar-refractivity contribution in [2.75, 3.05) is 20.3 Å². The van der Waals surface area contributed by atoms with Gasteiger partial charge < -0.3 is 42.6 Å². The van der Waals surface area contributed by atoms with Crippen LogP contribution in [0.25, 0.3) is 0 Å². The molecule has 0 amide bonds. The number of ether oxygens (including phenoxy) is 9. The molecule has 5 aromatic carbocycles. The molecule has 0 spiro atoms. The molecular weight excluding hydrogens is 721 g/mol. The van der Waals surface area contributed by atoms with E-state index in [1.807, 2.05) is 164 Å². The Morgan fingerprint density at radius 3 is 1.33 bits per heavy atom. The predicted molar refractivity (Wildman–Crippen MR) is 216 cm³/mol. The van der Waals surface area contributed by atoms with Gasteiger partial charge >= 0.3 is 0 Å². The van der Waals surface area contributed by atoms with E-state index in [2.05, 4.69) is 0 Å². The van der Waals surface area contributed by atoms with Crippen molar-refractivity contribution in [3.63, 3.8) is 0 Å². The second kappa shape index (κ2) is 21.9. The van der Waals surface area contributed by atoms with Crippen molar-refractivity contribution in [3.05, 3.63) is 192 Å². The van der Waals surface area contributed by atoms with Crippen molar-refractivity contribution in [1.82, 2.24) is 0 Å². The highest BCUT2D eigenvalue weighted by atomic mass is 16.7. The maximum atomic E-state index is 6.76. The molecule has 2 aliphatic heterocycles. The molecule has 1 fully saturated rings. The lowest BCUT2D eigenvalue weighted by atomic mass is 9.97. The van der Waals surface area contributed by atoms with Crippen LogP contribution in [0, 0.1) is 0 Å². The summed E-state index contributed by atoms with van der Waals surface area (Å²) in [6, 6.07) is 50.3. The van der Waals surface area contributed by atoms with E-state index in [4.69, 9.17) is 42.6 Å². The molecule has 0 bridgehead atoms. The minimum Gasteiger partial charge on any atom is -0.374 e. The van der Waals surface area contributed by atoms with Gasteiger partial charge in [-0.2, -0.15) is 0 Å². The third-order valence-corrected chi connectivity index (χ3v) is 9.92. The first-order valence-electron chi connectivity index (χ1n) is 19.6. The summed E-state index contributed by atoms with van der Waals surface area (Å²) in [4.78, 5) is 0. The molecule has 0 aliphatic carbocycles. The zero-order valence-corrected chi connectivity index (χ0v) is 32.3. The van der Waals surface area contributed by atoms with Crippen molar-refractivity contribution in [2.24, 2.45) is 0 Å². The smallest absolute Gasteiger partial charge is 0.186 e. The summed E-state index contributed by atoms with van der Waals surface area (Å²) >= 11 is 0. The van der Waals surface area contributed by atoms with Crippen LogP contribution in [-0.4, -0.2) is 69.5 Å². The highest BCUT2D eigenvalue weighted by Crippen LogP contribution is 2.32. The van der Waals surface area contributed by atoms with Crippen LogP contribution in [0.3, 0.4) is 0 Å². The van der Waals surface area contributed by atoms with Crippen molar-refractivity contribution in [3.8, 4) is 0 Å². The molecule has 0 radical (unpaired) electrons. The lowest BCUT2D eigenvalue weighted by Gasteiger charge is -2.45. The summed E-state index contributed by atoms with van der Waals surface area (Å²) < 4.78 is 58.3. The molecule has 5 aromatic rings. The van der Waals surface area contributed by atoms with Crippen LogP contribution in [0.2, 0.25) is 0 Å². The summed E-state index contributed by atoms with van der Waals surface area (Å²) in [6.45, 7) is 2.34. The molecule has 0 unspecified atom stereocenters.